The molecule has 2 aromatic heterocycles. The summed E-state index contributed by atoms with van der Waals surface area (Å²) in [5.41, 5.74) is -0.248. The Balaban J connectivity index is 1.70. The molecule has 0 spiro atoms. The lowest BCUT2D eigenvalue weighted by Crippen LogP contribution is -2.49. The Kier molecular flexibility index (Phi) is 4.22. The Labute approximate surface area is 132 Å². The number of pyridine rings is 1. The highest BCUT2D eigenvalue weighted by molar-refractivity contribution is 5.94. The van der Waals surface area contributed by atoms with Crippen LogP contribution >= 0.6 is 0 Å². The summed E-state index contributed by atoms with van der Waals surface area (Å²) in [4.78, 5) is 36.5. The number of aromatic hydroxyl groups is 1. The van der Waals surface area contributed by atoms with Gasteiger partial charge in [-0.2, -0.15) is 0 Å². The fourth-order valence-electron chi connectivity index (χ4n) is 2.68. The van der Waals surface area contributed by atoms with E-state index in [1.165, 1.54) is 24.7 Å². The van der Waals surface area contributed by atoms with Gasteiger partial charge in [-0.15, -0.1) is 0 Å². The number of aromatic nitrogens is 3. The second kappa shape index (κ2) is 6.47. The molecule has 0 radical (unpaired) electrons. The van der Waals surface area contributed by atoms with Crippen LogP contribution in [-0.4, -0.2) is 45.1 Å². The van der Waals surface area contributed by atoms with E-state index >= 15 is 0 Å². The van der Waals surface area contributed by atoms with Crippen LogP contribution in [-0.2, 0) is 0 Å². The number of nitrogens with one attached hydrogen (secondary N) is 2. The van der Waals surface area contributed by atoms with Gasteiger partial charge in [0, 0.05) is 37.7 Å². The smallest absolute Gasteiger partial charge is 0.290 e. The van der Waals surface area contributed by atoms with Gasteiger partial charge in [-0.25, -0.2) is 9.97 Å². The van der Waals surface area contributed by atoms with Gasteiger partial charge < -0.3 is 20.3 Å². The third kappa shape index (κ3) is 3.31. The average molecular weight is 315 g/mol. The Morgan fingerprint density at radius 1 is 1.39 bits per heavy atom. The van der Waals surface area contributed by atoms with Crippen LogP contribution in [0.5, 0.6) is 5.75 Å². The Morgan fingerprint density at radius 2 is 2.26 bits per heavy atom. The summed E-state index contributed by atoms with van der Waals surface area (Å²) in [5.74, 6) is -0.226. The molecule has 1 fully saturated rings. The van der Waals surface area contributed by atoms with Crippen LogP contribution < -0.4 is 15.8 Å². The van der Waals surface area contributed by atoms with E-state index in [2.05, 4.69) is 20.3 Å². The molecule has 8 nitrogen and oxygen atoms in total. The number of amides is 1. The molecule has 1 amide bonds. The van der Waals surface area contributed by atoms with Crippen molar-refractivity contribution >= 4 is 11.7 Å². The van der Waals surface area contributed by atoms with Crippen molar-refractivity contribution in [1.82, 2.24) is 20.3 Å². The molecule has 120 valence electrons. The first-order chi connectivity index (χ1) is 11.1. The summed E-state index contributed by atoms with van der Waals surface area (Å²) < 4.78 is 0. The lowest BCUT2D eigenvalue weighted by atomic mass is 10.1. The Bertz CT molecular complexity index is 761. The lowest BCUT2D eigenvalue weighted by molar-refractivity contribution is 0.0925. The number of rotatable bonds is 3. The molecule has 1 unspecified atom stereocenters. The predicted octanol–water partition coefficient (Wildman–Crippen LogP) is 0.269. The maximum absolute atomic E-state index is 12.2. The minimum Gasteiger partial charge on any atom is -0.505 e. The van der Waals surface area contributed by atoms with Gasteiger partial charge in [-0.3, -0.25) is 9.59 Å². The second-order valence-corrected chi connectivity index (χ2v) is 5.37. The highest BCUT2D eigenvalue weighted by Crippen LogP contribution is 2.16. The number of anilines is 1. The monoisotopic (exact) mass is 315 g/mol. The molecular weight excluding hydrogens is 298 g/mol. The fraction of sp³-hybridized carbons (Fsp3) is 0.333. The zero-order chi connectivity index (χ0) is 16.2. The van der Waals surface area contributed by atoms with Gasteiger partial charge in [-0.1, -0.05) is 0 Å². The molecule has 3 rings (SSSR count). The molecule has 3 heterocycles. The molecule has 0 bridgehead atoms. The van der Waals surface area contributed by atoms with Gasteiger partial charge in [0.05, 0.1) is 0 Å². The van der Waals surface area contributed by atoms with E-state index in [1.54, 1.807) is 6.07 Å². The summed E-state index contributed by atoms with van der Waals surface area (Å²) in [6, 6.07) is 2.84. The molecule has 1 aliphatic rings. The lowest BCUT2D eigenvalue weighted by Gasteiger charge is -2.33. The first-order valence-electron chi connectivity index (χ1n) is 7.38. The highest BCUT2D eigenvalue weighted by atomic mass is 16.3. The van der Waals surface area contributed by atoms with E-state index in [1.807, 2.05) is 4.90 Å². The van der Waals surface area contributed by atoms with Gasteiger partial charge >= 0.3 is 0 Å². The first-order valence-corrected chi connectivity index (χ1v) is 7.38. The van der Waals surface area contributed by atoms with Crippen LogP contribution in [0.2, 0.25) is 0 Å². The van der Waals surface area contributed by atoms with E-state index in [4.69, 9.17) is 0 Å². The van der Waals surface area contributed by atoms with Crippen LogP contribution in [0.4, 0.5) is 5.82 Å². The normalized spacial score (nSPS) is 17.7. The second-order valence-electron chi connectivity index (χ2n) is 5.37. The maximum atomic E-state index is 12.2. The van der Waals surface area contributed by atoms with Crippen LogP contribution in [0.1, 0.15) is 23.3 Å². The number of piperidine rings is 1. The quantitative estimate of drug-likeness (QED) is 0.749. The summed E-state index contributed by atoms with van der Waals surface area (Å²) in [5, 5.41) is 12.5. The van der Waals surface area contributed by atoms with Gasteiger partial charge in [0.15, 0.2) is 11.5 Å². The van der Waals surface area contributed by atoms with Gasteiger partial charge in [-0.05, 0) is 25.0 Å². The van der Waals surface area contributed by atoms with Crippen LogP contribution in [0.3, 0.4) is 0 Å². The molecule has 1 atom stereocenters. The zero-order valence-electron chi connectivity index (χ0n) is 12.4. The standard InChI is InChI=1S/C15H17N5O3/c21-11-4-1-5-16-12(11)14(22)19-10-3-2-8-20(9-10)13-15(23)18-7-6-17-13/h1,4-7,10,21H,2-3,8-9H2,(H,18,23)(H,19,22). The number of nitrogens with zero attached hydrogens (tertiary/aromatic N) is 3. The van der Waals surface area contributed by atoms with Crippen LogP contribution in [0.25, 0.3) is 0 Å². The van der Waals surface area contributed by atoms with Gasteiger partial charge in [0.1, 0.15) is 5.75 Å². The van der Waals surface area contributed by atoms with Gasteiger partial charge in [0.25, 0.3) is 11.5 Å². The molecule has 2 aromatic rings. The molecule has 0 aliphatic carbocycles. The Morgan fingerprint density at radius 3 is 3.04 bits per heavy atom. The minimum atomic E-state index is -0.426. The van der Waals surface area contributed by atoms with Crippen molar-refractivity contribution in [2.75, 3.05) is 18.0 Å². The summed E-state index contributed by atoms with van der Waals surface area (Å²) >= 11 is 0. The number of hydrogen-bond acceptors (Lipinski definition) is 6. The van der Waals surface area contributed by atoms with Crippen molar-refractivity contribution < 1.29 is 9.90 Å². The van der Waals surface area contributed by atoms with Crippen molar-refractivity contribution in [1.29, 1.82) is 0 Å². The molecule has 1 aliphatic heterocycles. The maximum Gasteiger partial charge on any atom is 0.290 e. The SMILES string of the molecule is O=C(NC1CCCN(c2ncc[nH]c2=O)C1)c1ncccc1O. The average Bonchev–Trinajstić information content (AvgIpc) is 2.56. The van der Waals surface area contributed by atoms with E-state index in [-0.39, 0.29) is 23.0 Å². The third-order valence-corrected chi connectivity index (χ3v) is 3.75. The molecule has 1 saturated heterocycles. The fourth-order valence-corrected chi connectivity index (χ4v) is 2.68. The van der Waals surface area contributed by atoms with E-state index in [0.29, 0.717) is 18.9 Å². The molecule has 8 heteroatoms. The van der Waals surface area contributed by atoms with Gasteiger partial charge in [0.2, 0.25) is 0 Å². The molecular formula is C15H17N5O3. The summed E-state index contributed by atoms with van der Waals surface area (Å²) in [6.07, 6.45) is 6.09. The highest BCUT2D eigenvalue weighted by Gasteiger charge is 2.25. The first kappa shape index (κ1) is 15.0. The van der Waals surface area contributed by atoms with Crippen molar-refractivity contribution in [3.63, 3.8) is 0 Å². The number of H-pyrrole nitrogens is 1. The molecule has 23 heavy (non-hydrogen) atoms. The van der Waals surface area contributed by atoms with E-state index in [9.17, 15) is 14.7 Å². The van der Waals surface area contributed by atoms with Crippen LogP contribution in [0, 0.1) is 0 Å². The molecule has 0 aromatic carbocycles. The summed E-state index contributed by atoms with van der Waals surface area (Å²) in [6.45, 7) is 1.20. The van der Waals surface area contributed by atoms with Crippen molar-refractivity contribution in [2.45, 2.75) is 18.9 Å². The molecule has 0 saturated carbocycles. The summed E-state index contributed by atoms with van der Waals surface area (Å²) in [7, 11) is 0. The van der Waals surface area contributed by atoms with E-state index in [0.717, 1.165) is 12.8 Å². The zero-order valence-corrected chi connectivity index (χ0v) is 12.4. The van der Waals surface area contributed by atoms with Crippen molar-refractivity contribution in [2.24, 2.45) is 0 Å². The minimum absolute atomic E-state index is 0.000284. The van der Waals surface area contributed by atoms with Crippen molar-refractivity contribution in [3.05, 3.63) is 46.8 Å². The number of carbonyl (C=O) groups is 1. The largest absolute Gasteiger partial charge is 0.505 e. The molecule has 3 N–H and O–H groups in total. The van der Waals surface area contributed by atoms with Crippen molar-refractivity contribution in [3.8, 4) is 5.75 Å². The topological polar surface area (TPSA) is 111 Å². The van der Waals surface area contributed by atoms with E-state index < -0.39 is 5.91 Å². The Hall–Kier alpha value is -2.90. The van der Waals surface area contributed by atoms with Crippen LogP contribution in [0.15, 0.2) is 35.5 Å². The number of carbonyl (C=O) groups excluding carboxylic acids is 1. The predicted molar refractivity (Wildman–Crippen MR) is 83.5 cm³/mol. The third-order valence-electron chi connectivity index (χ3n) is 3.75. The number of aromatic amines is 1. The number of hydrogen-bond donors (Lipinski definition) is 3.